The molecule has 0 aliphatic rings. The Hall–Kier alpha value is -3.20. The Morgan fingerprint density at radius 3 is 1.63 bits per heavy atom. The highest BCUT2D eigenvalue weighted by molar-refractivity contribution is 5.98. The first-order valence-electron chi connectivity index (χ1n) is 9.10. The third-order valence-corrected chi connectivity index (χ3v) is 4.77. The highest BCUT2D eigenvalue weighted by Gasteiger charge is 2.30. The van der Waals surface area contributed by atoms with E-state index in [9.17, 15) is 9.59 Å². The number of carbonyl (C=O) groups is 2. The molecule has 1 N–H and O–H groups in total. The summed E-state index contributed by atoms with van der Waals surface area (Å²) in [5.74, 6) is -0.165. The summed E-state index contributed by atoms with van der Waals surface area (Å²) in [5.41, 5.74) is 1.98. The van der Waals surface area contributed by atoms with Crippen LogP contribution in [0.5, 0.6) is 0 Å². The molecule has 0 aliphatic carbocycles. The van der Waals surface area contributed by atoms with Gasteiger partial charge in [-0.15, -0.1) is 0 Å². The van der Waals surface area contributed by atoms with Crippen LogP contribution in [0.4, 0.5) is 0 Å². The van der Waals surface area contributed by atoms with Crippen molar-refractivity contribution in [1.82, 2.24) is 5.32 Å². The summed E-state index contributed by atoms with van der Waals surface area (Å²) in [6.07, 6.45) is 0.346. The van der Waals surface area contributed by atoms with Crippen molar-refractivity contribution in [3.05, 3.63) is 108 Å². The molecule has 0 unspecified atom stereocenters. The molecule has 0 aromatic heterocycles. The second-order valence-corrected chi connectivity index (χ2v) is 6.69. The number of Topliss-reactive ketones (excluding diaryl/α,β-unsaturated/α-hetero) is 1. The highest BCUT2D eigenvalue weighted by atomic mass is 16.2. The highest BCUT2D eigenvalue weighted by Crippen LogP contribution is 2.29. The molecular weight excluding hydrogens is 334 g/mol. The minimum absolute atomic E-state index is 0.0214. The fourth-order valence-electron chi connectivity index (χ4n) is 3.19. The molecule has 0 saturated heterocycles. The largest absolute Gasteiger partial charge is 0.343 e. The van der Waals surface area contributed by atoms with Gasteiger partial charge in [-0.25, -0.2) is 0 Å². The lowest BCUT2D eigenvalue weighted by Crippen LogP contribution is -2.44. The predicted molar refractivity (Wildman–Crippen MR) is 107 cm³/mol. The number of nitrogens with one attached hydrogen (secondary N) is 1. The van der Waals surface area contributed by atoms with Crippen LogP contribution in [0.15, 0.2) is 91.0 Å². The van der Waals surface area contributed by atoms with Crippen molar-refractivity contribution in [2.45, 2.75) is 25.3 Å². The molecule has 1 amide bonds. The Bertz CT molecular complexity index is 850. The van der Waals surface area contributed by atoms with Crippen LogP contribution in [0.3, 0.4) is 0 Å². The number of amides is 1. The smallest absolute Gasteiger partial charge is 0.221 e. The van der Waals surface area contributed by atoms with E-state index in [0.717, 1.165) is 11.1 Å². The van der Waals surface area contributed by atoms with Crippen LogP contribution in [0, 0.1) is 0 Å². The number of hydrogen-bond donors (Lipinski definition) is 1. The average molecular weight is 357 g/mol. The van der Waals surface area contributed by atoms with Gasteiger partial charge in [-0.3, -0.25) is 9.59 Å². The second-order valence-electron chi connectivity index (χ2n) is 6.69. The Morgan fingerprint density at radius 2 is 1.15 bits per heavy atom. The standard InChI is InChI=1S/C24H23NO2/c1-24(20-13-7-3-8-14-20,21-15-9-4-10-16-21)25-23(27)18-17-22(26)19-11-5-2-6-12-19/h2-16H,17-18H2,1H3,(H,25,27). The first kappa shape index (κ1) is 18.6. The zero-order valence-electron chi connectivity index (χ0n) is 15.4. The van der Waals surface area contributed by atoms with Gasteiger partial charge in [-0.1, -0.05) is 91.0 Å². The Morgan fingerprint density at radius 1 is 0.704 bits per heavy atom. The lowest BCUT2D eigenvalue weighted by molar-refractivity contribution is -0.122. The summed E-state index contributed by atoms with van der Waals surface area (Å²) >= 11 is 0. The fraction of sp³-hybridized carbons (Fsp3) is 0.167. The van der Waals surface area contributed by atoms with Crippen LogP contribution < -0.4 is 5.32 Å². The van der Waals surface area contributed by atoms with E-state index >= 15 is 0 Å². The number of ketones is 1. The molecule has 136 valence electrons. The maximum absolute atomic E-state index is 12.7. The molecule has 27 heavy (non-hydrogen) atoms. The molecule has 0 bridgehead atoms. The molecule has 3 rings (SSSR count). The van der Waals surface area contributed by atoms with E-state index in [1.807, 2.05) is 85.8 Å². The van der Waals surface area contributed by atoms with Crippen molar-refractivity contribution in [3.63, 3.8) is 0 Å². The molecule has 3 nitrogen and oxygen atoms in total. The molecule has 3 heteroatoms. The van der Waals surface area contributed by atoms with Crippen molar-refractivity contribution in [3.8, 4) is 0 Å². The molecule has 0 saturated carbocycles. The molecule has 3 aromatic rings. The predicted octanol–water partition coefficient (Wildman–Crippen LogP) is 4.73. The van der Waals surface area contributed by atoms with Gasteiger partial charge >= 0.3 is 0 Å². The van der Waals surface area contributed by atoms with E-state index in [-0.39, 0.29) is 24.5 Å². The van der Waals surface area contributed by atoms with Crippen LogP contribution in [0.25, 0.3) is 0 Å². The minimum atomic E-state index is -0.657. The molecular formula is C24H23NO2. The Labute approximate surface area is 160 Å². The van der Waals surface area contributed by atoms with Gasteiger partial charge in [0.2, 0.25) is 5.91 Å². The van der Waals surface area contributed by atoms with Crippen molar-refractivity contribution in [2.24, 2.45) is 0 Å². The van der Waals surface area contributed by atoms with E-state index in [4.69, 9.17) is 0 Å². The topological polar surface area (TPSA) is 46.2 Å². The molecule has 0 fully saturated rings. The van der Waals surface area contributed by atoms with Crippen molar-refractivity contribution in [1.29, 1.82) is 0 Å². The average Bonchev–Trinajstić information content (AvgIpc) is 2.74. The molecule has 0 radical (unpaired) electrons. The molecule has 3 aromatic carbocycles. The van der Waals surface area contributed by atoms with E-state index in [0.29, 0.717) is 5.56 Å². The zero-order chi connectivity index (χ0) is 19.1. The third-order valence-electron chi connectivity index (χ3n) is 4.77. The molecule has 0 spiro atoms. The van der Waals surface area contributed by atoms with Gasteiger partial charge in [0.25, 0.3) is 0 Å². The van der Waals surface area contributed by atoms with Crippen LogP contribution >= 0.6 is 0 Å². The summed E-state index contributed by atoms with van der Waals surface area (Å²) in [5, 5.41) is 3.14. The van der Waals surface area contributed by atoms with Crippen molar-refractivity contribution < 1.29 is 9.59 Å². The first-order valence-corrected chi connectivity index (χ1v) is 9.10. The lowest BCUT2D eigenvalue weighted by Gasteiger charge is -2.32. The van der Waals surface area contributed by atoms with Gasteiger partial charge in [0.05, 0.1) is 5.54 Å². The van der Waals surface area contributed by atoms with Crippen LogP contribution in [0.1, 0.15) is 41.3 Å². The second kappa shape index (κ2) is 8.45. The van der Waals surface area contributed by atoms with Crippen LogP contribution in [-0.2, 0) is 10.3 Å². The van der Waals surface area contributed by atoms with Gasteiger partial charge in [-0.05, 0) is 18.1 Å². The maximum Gasteiger partial charge on any atom is 0.221 e. The molecule has 0 aliphatic heterocycles. The summed E-state index contributed by atoms with van der Waals surface area (Å²) in [6.45, 7) is 1.99. The van der Waals surface area contributed by atoms with Crippen LogP contribution in [0.2, 0.25) is 0 Å². The summed E-state index contributed by atoms with van der Waals surface area (Å²) in [4.78, 5) is 25.0. The monoisotopic (exact) mass is 357 g/mol. The van der Waals surface area contributed by atoms with E-state index in [1.165, 1.54) is 0 Å². The molecule has 0 atom stereocenters. The lowest BCUT2D eigenvalue weighted by atomic mass is 9.84. The number of hydrogen-bond acceptors (Lipinski definition) is 2. The van der Waals surface area contributed by atoms with Gasteiger partial charge < -0.3 is 5.32 Å². The Kier molecular flexibility index (Phi) is 5.82. The van der Waals surface area contributed by atoms with Crippen LogP contribution in [-0.4, -0.2) is 11.7 Å². The van der Waals surface area contributed by atoms with Crippen molar-refractivity contribution >= 4 is 11.7 Å². The summed E-state index contributed by atoms with van der Waals surface area (Å²) in [6, 6.07) is 28.8. The van der Waals surface area contributed by atoms with Gasteiger partial charge in [0.1, 0.15) is 0 Å². The number of carbonyl (C=O) groups excluding carboxylic acids is 2. The number of benzene rings is 3. The fourth-order valence-corrected chi connectivity index (χ4v) is 3.19. The normalized spacial score (nSPS) is 11.0. The van der Waals surface area contributed by atoms with Gasteiger partial charge in [0, 0.05) is 18.4 Å². The molecule has 0 heterocycles. The summed E-state index contributed by atoms with van der Waals surface area (Å²) < 4.78 is 0. The van der Waals surface area contributed by atoms with Gasteiger partial charge in [-0.2, -0.15) is 0 Å². The first-order chi connectivity index (χ1) is 13.1. The van der Waals surface area contributed by atoms with Crippen molar-refractivity contribution in [2.75, 3.05) is 0 Å². The maximum atomic E-state index is 12.7. The zero-order valence-corrected chi connectivity index (χ0v) is 15.4. The van der Waals surface area contributed by atoms with E-state index in [1.54, 1.807) is 12.1 Å². The quantitative estimate of drug-likeness (QED) is 0.621. The Balaban J connectivity index is 1.75. The number of rotatable bonds is 7. The minimum Gasteiger partial charge on any atom is -0.343 e. The van der Waals surface area contributed by atoms with E-state index < -0.39 is 5.54 Å². The third kappa shape index (κ3) is 4.50. The SMILES string of the molecule is CC(NC(=O)CCC(=O)c1ccccc1)(c1ccccc1)c1ccccc1. The van der Waals surface area contributed by atoms with Gasteiger partial charge in [0.15, 0.2) is 5.78 Å². The van der Waals surface area contributed by atoms with E-state index in [2.05, 4.69) is 5.32 Å². The summed E-state index contributed by atoms with van der Waals surface area (Å²) in [7, 11) is 0.